The number of halogens is 2. The van der Waals surface area contributed by atoms with Crippen molar-refractivity contribution >= 4 is 17.4 Å². The van der Waals surface area contributed by atoms with Crippen molar-refractivity contribution in [2.45, 2.75) is 20.4 Å². The van der Waals surface area contributed by atoms with E-state index in [-0.39, 0.29) is 5.82 Å². The van der Waals surface area contributed by atoms with Crippen molar-refractivity contribution in [3.8, 4) is 11.5 Å². The van der Waals surface area contributed by atoms with Gasteiger partial charge in [0.2, 0.25) is 0 Å². The smallest absolute Gasteiger partial charge is 0.180 e. The van der Waals surface area contributed by atoms with Gasteiger partial charge in [0.1, 0.15) is 17.3 Å². The van der Waals surface area contributed by atoms with Crippen LogP contribution in [0.2, 0.25) is 5.02 Å². The number of anilines is 1. The van der Waals surface area contributed by atoms with Crippen LogP contribution in [0.1, 0.15) is 16.8 Å². The minimum Gasteiger partial charge on any atom is -0.354 e. The Balaban J connectivity index is 1.51. The van der Waals surface area contributed by atoms with Gasteiger partial charge in [0.05, 0.1) is 0 Å². The van der Waals surface area contributed by atoms with E-state index in [2.05, 4.69) is 26.7 Å². The maximum absolute atomic E-state index is 14.1. The fraction of sp³-hybridized carbons (Fsp3) is 0.318. The number of hydrogen-bond acceptors (Lipinski definition) is 5. The predicted molar refractivity (Wildman–Crippen MR) is 114 cm³/mol. The normalized spacial score (nSPS) is 15.0. The molecule has 1 fully saturated rings. The summed E-state index contributed by atoms with van der Waals surface area (Å²) in [6.45, 7) is 7.82. The van der Waals surface area contributed by atoms with Crippen molar-refractivity contribution in [3.63, 3.8) is 0 Å². The molecule has 0 amide bonds. The van der Waals surface area contributed by atoms with Crippen molar-refractivity contribution in [2.75, 3.05) is 31.1 Å². The number of hydrogen-bond donors (Lipinski definition) is 0. The number of piperazine rings is 1. The topological polar surface area (TPSA) is 45.2 Å². The van der Waals surface area contributed by atoms with Gasteiger partial charge in [0, 0.05) is 60.8 Å². The van der Waals surface area contributed by atoms with Crippen molar-refractivity contribution < 1.29 is 4.39 Å². The maximum atomic E-state index is 14.1. The van der Waals surface area contributed by atoms with Crippen LogP contribution in [0.25, 0.3) is 11.5 Å². The van der Waals surface area contributed by atoms with E-state index in [4.69, 9.17) is 16.6 Å². The monoisotopic (exact) mass is 411 g/mol. The zero-order valence-electron chi connectivity index (χ0n) is 16.6. The standard InChI is InChI=1S/C22H23ClFN5/c1-15-16(2)26-21(20-8-3-4-9-25-20)27-22(15)29-12-10-28(11-13-29)14-17-18(23)6-5-7-19(17)24/h3-9H,10-14H2,1-2H3. The molecular formula is C22H23ClFN5. The van der Waals surface area contributed by atoms with E-state index < -0.39 is 0 Å². The first-order valence-corrected chi connectivity index (χ1v) is 10.1. The van der Waals surface area contributed by atoms with E-state index in [1.807, 2.05) is 25.1 Å². The van der Waals surface area contributed by atoms with Crippen molar-refractivity contribution in [2.24, 2.45) is 0 Å². The molecule has 5 nitrogen and oxygen atoms in total. The van der Waals surface area contributed by atoms with Crippen LogP contribution in [0.4, 0.5) is 10.2 Å². The van der Waals surface area contributed by atoms with E-state index in [0.717, 1.165) is 48.9 Å². The van der Waals surface area contributed by atoms with Gasteiger partial charge < -0.3 is 4.90 Å². The molecule has 3 heterocycles. The lowest BCUT2D eigenvalue weighted by atomic mass is 10.1. The summed E-state index contributed by atoms with van der Waals surface area (Å²) in [5.74, 6) is 1.34. The molecule has 0 unspecified atom stereocenters. The molecule has 7 heteroatoms. The summed E-state index contributed by atoms with van der Waals surface area (Å²) >= 11 is 6.19. The molecule has 3 aromatic rings. The Morgan fingerprint density at radius 3 is 2.48 bits per heavy atom. The van der Waals surface area contributed by atoms with Gasteiger partial charge >= 0.3 is 0 Å². The van der Waals surface area contributed by atoms with Crippen LogP contribution in [0, 0.1) is 19.7 Å². The van der Waals surface area contributed by atoms with Crippen LogP contribution in [0.15, 0.2) is 42.6 Å². The van der Waals surface area contributed by atoms with E-state index in [1.165, 1.54) is 6.07 Å². The summed E-state index contributed by atoms with van der Waals surface area (Å²) in [7, 11) is 0. The molecule has 0 spiro atoms. The number of nitrogens with zero attached hydrogens (tertiary/aromatic N) is 5. The lowest BCUT2D eigenvalue weighted by Gasteiger charge is -2.36. The third kappa shape index (κ3) is 4.23. The van der Waals surface area contributed by atoms with Gasteiger partial charge in [0.25, 0.3) is 0 Å². The molecule has 29 heavy (non-hydrogen) atoms. The van der Waals surface area contributed by atoms with Gasteiger partial charge in [-0.3, -0.25) is 9.88 Å². The Hall–Kier alpha value is -2.57. The third-order valence-electron chi connectivity index (χ3n) is 5.37. The third-order valence-corrected chi connectivity index (χ3v) is 5.73. The Bertz CT molecular complexity index is 983. The Morgan fingerprint density at radius 2 is 1.79 bits per heavy atom. The summed E-state index contributed by atoms with van der Waals surface area (Å²) in [5.41, 5.74) is 3.37. The second-order valence-electron chi connectivity index (χ2n) is 7.26. The molecule has 0 N–H and O–H groups in total. The summed E-state index contributed by atoms with van der Waals surface area (Å²) < 4.78 is 14.1. The lowest BCUT2D eigenvalue weighted by Crippen LogP contribution is -2.46. The average Bonchev–Trinajstić information content (AvgIpc) is 2.74. The van der Waals surface area contributed by atoms with Crippen LogP contribution >= 0.6 is 11.6 Å². The van der Waals surface area contributed by atoms with Crippen LogP contribution in [-0.2, 0) is 6.54 Å². The number of aromatic nitrogens is 3. The molecule has 0 atom stereocenters. The molecule has 150 valence electrons. The van der Waals surface area contributed by atoms with E-state index >= 15 is 0 Å². The highest BCUT2D eigenvalue weighted by atomic mass is 35.5. The van der Waals surface area contributed by atoms with Gasteiger partial charge in [-0.1, -0.05) is 23.7 Å². The molecule has 1 aromatic carbocycles. The first kappa shape index (κ1) is 19.7. The largest absolute Gasteiger partial charge is 0.354 e. The highest BCUT2D eigenvalue weighted by Crippen LogP contribution is 2.26. The van der Waals surface area contributed by atoms with E-state index in [0.29, 0.717) is 23.0 Å². The molecule has 0 aliphatic carbocycles. The van der Waals surface area contributed by atoms with Gasteiger partial charge in [0.15, 0.2) is 5.82 Å². The molecule has 0 saturated carbocycles. The minimum absolute atomic E-state index is 0.248. The Labute approximate surface area is 175 Å². The summed E-state index contributed by atoms with van der Waals surface area (Å²) in [6, 6.07) is 10.6. The van der Waals surface area contributed by atoms with Gasteiger partial charge in [-0.2, -0.15) is 0 Å². The molecular weight excluding hydrogens is 389 g/mol. The zero-order valence-corrected chi connectivity index (χ0v) is 17.3. The first-order chi connectivity index (χ1) is 14.0. The van der Waals surface area contributed by atoms with Gasteiger partial charge in [-0.15, -0.1) is 0 Å². The zero-order chi connectivity index (χ0) is 20.4. The maximum Gasteiger partial charge on any atom is 0.180 e. The number of benzene rings is 1. The lowest BCUT2D eigenvalue weighted by molar-refractivity contribution is 0.246. The Kier molecular flexibility index (Phi) is 5.74. The number of rotatable bonds is 4. The molecule has 1 aliphatic rings. The van der Waals surface area contributed by atoms with Crippen molar-refractivity contribution in [1.29, 1.82) is 0 Å². The van der Waals surface area contributed by atoms with Crippen LogP contribution < -0.4 is 4.90 Å². The van der Waals surface area contributed by atoms with Crippen LogP contribution in [-0.4, -0.2) is 46.0 Å². The molecule has 4 rings (SSSR count). The predicted octanol–water partition coefficient (Wildman–Crippen LogP) is 4.27. The summed E-state index contributed by atoms with van der Waals surface area (Å²) in [6.07, 6.45) is 1.75. The molecule has 1 aliphatic heterocycles. The molecule has 0 bridgehead atoms. The molecule has 2 aromatic heterocycles. The fourth-order valence-corrected chi connectivity index (χ4v) is 3.78. The highest BCUT2D eigenvalue weighted by Gasteiger charge is 2.23. The number of aryl methyl sites for hydroxylation is 1. The van der Waals surface area contributed by atoms with Crippen LogP contribution in [0.5, 0.6) is 0 Å². The van der Waals surface area contributed by atoms with Crippen LogP contribution in [0.3, 0.4) is 0 Å². The first-order valence-electron chi connectivity index (χ1n) is 9.70. The van der Waals surface area contributed by atoms with Gasteiger partial charge in [-0.05, 0) is 38.1 Å². The SMILES string of the molecule is Cc1nc(-c2ccccn2)nc(N2CCN(Cc3c(F)cccc3Cl)CC2)c1C. The summed E-state index contributed by atoms with van der Waals surface area (Å²) in [5, 5.41) is 0.481. The quantitative estimate of drug-likeness (QED) is 0.641. The second-order valence-corrected chi connectivity index (χ2v) is 7.67. The second kappa shape index (κ2) is 8.43. The minimum atomic E-state index is -0.248. The molecule has 0 radical (unpaired) electrons. The Morgan fingerprint density at radius 1 is 1.00 bits per heavy atom. The molecule has 1 saturated heterocycles. The van der Waals surface area contributed by atoms with Crippen molar-refractivity contribution in [1.82, 2.24) is 19.9 Å². The average molecular weight is 412 g/mol. The van der Waals surface area contributed by atoms with Gasteiger partial charge in [-0.25, -0.2) is 14.4 Å². The van der Waals surface area contributed by atoms with E-state index in [1.54, 1.807) is 18.3 Å². The number of pyridine rings is 1. The highest BCUT2D eigenvalue weighted by molar-refractivity contribution is 6.31. The fourth-order valence-electron chi connectivity index (χ4n) is 3.56. The van der Waals surface area contributed by atoms with Crippen molar-refractivity contribution in [3.05, 3.63) is 70.3 Å². The summed E-state index contributed by atoms with van der Waals surface area (Å²) in [4.78, 5) is 18.3. The van der Waals surface area contributed by atoms with E-state index in [9.17, 15) is 4.39 Å².